The van der Waals surface area contributed by atoms with Crippen molar-refractivity contribution in [1.29, 1.82) is 0 Å². The Balaban J connectivity index is 2.28. The zero-order valence-corrected chi connectivity index (χ0v) is 7.97. The largest absolute Gasteiger partial charge is 0.342 e. The molecule has 1 fully saturated rings. The standard InChI is InChI=1S/C8H9NO3S/c1-8(11-2-3-12-8)7-9-4-6(5-10)13-7/h4-5H,2-3H2,1H3. The monoisotopic (exact) mass is 199 g/mol. The Bertz CT molecular complexity index is 317. The van der Waals surface area contributed by atoms with E-state index in [1.807, 2.05) is 6.92 Å². The number of carbonyl (C=O) groups is 1. The molecule has 0 aromatic carbocycles. The minimum Gasteiger partial charge on any atom is -0.342 e. The second kappa shape index (κ2) is 3.17. The third-order valence-corrected chi connectivity index (χ3v) is 2.97. The summed E-state index contributed by atoms with van der Waals surface area (Å²) in [6, 6.07) is 0. The lowest BCUT2D eigenvalue weighted by atomic mass is 10.3. The van der Waals surface area contributed by atoms with Crippen LogP contribution in [0.25, 0.3) is 0 Å². The van der Waals surface area contributed by atoms with Gasteiger partial charge in [0.1, 0.15) is 0 Å². The van der Waals surface area contributed by atoms with E-state index in [1.165, 1.54) is 17.5 Å². The fraction of sp³-hybridized carbons (Fsp3) is 0.500. The van der Waals surface area contributed by atoms with Crippen molar-refractivity contribution in [2.24, 2.45) is 0 Å². The van der Waals surface area contributed by atoms with E-state index in [4.69, 9.17) is 9.47 Å². The van der Waals surface area contributed by atoms with Gasteiger partial charge in [0.2, 0.25) is 5.79 Å². The van der Waals surface area contributed by atoms with Crippen molar-refractivity contribution >= 4 is 17.6 Å². The van der Waals surface area contributed by atoms with Crippen LogP contribution in [0.15, 0.2) is 6.20 Å². The highest BCUT2D eigenvalue weighted by Crippen LogP contribution is 2.32. The average Bonchev–Trinajstić information content (AvgIpc) is 2.72. The van der Waals surface area contributed by atoms with Crippen LogP contribution in [0, 0.1) is 0 Å². The second-order valence-corrected chi connectivity index (χ2v) is 3.89. The maximum Gasteiger partial charge on any atom is 0.219 e. The minimum absolute atomic E-state index is 0.576. The fourth-order valence-electron chi connectivity index (χ4n) is 1.19. The molecule has 70 valence electrons. The molecule has 1 aromatic heterocycles. The molecule has 1 aromatic rings. The number of aromatic nitrogens is 1. The Morgan fingerprint density at radius 2 is 2.31 bits per heavy atom. The van der Waals surface area contributed by atoms with Crippen molar-refractivity contribution in [1.82, 2.24) is 4.98 Å². The molecule has 0 spiro atoms. The number of hydrogen-bond donors (Lipinski definition) is 0. The van der Waals surface area contributed by atoms with E-state index in [9.17, 15) is 4.79 Å². The summed E-state index contributed by atoms with van der Waals surface area (Å²) < 4.78 is 10.8. The van der Waals surface area contributed by atoms with Crippen LogP contribution in [0.3, 0.4) is 0 Å². The molecule has 2 heterocycles. The molecular weight excluding hydrogens is 190 g/mol. The number of aldehydes is 1. The van der Waals surface area contributed by atoms with Crippen molar-refractivity contribution in [2.45, 2.75) is 12.7 Å². The zero-order valence-electron chi connectivity index (χ0n) is 7.15. The molecule has 0 aliphatic carbocycles. The molecule has 4 nitrogen and oxygen atoms in total. The number of thiazole rings is 1. The average molecular weight is 199 g/mol. The minimum atomic E-state index is -0.744. The first-order chi connectivity index (χ1) is 6.24. The maximum atomic E-state index is 10.4. The SMILES string of the molecule is CC1(c2ncc(C=O)s2)OCCO1. The van der Waals surface area contributed by atoms with Crippen molar-refractivity contribution < 1.29 is 14.3 Å². The van der Waals surface area contributed by atoms with Crippen molar-refractivity contribution in [3.8, 4) is 0 Å². The summed E-state index contributed by atoms with van der Waals surface area (Å²) in [7, 11) is 0. The third kappa shape index (κ3) is 1.50. The van der Waals surface area contributed by atoms with Gasteiger partial charge in [0.05, 0.1) is 18.1 Å². The molecule has 0 bridgehead atoms. The Kier molecular flexibility index (Phi) is 2.15. The van der Waals surface area contributed by atoms with Crippen LogP contribution in [0.2, 0.25) is 0 Å². The molecule has 1 saturated heterocycles. The lowest BCUT2D eigenvalue weighted by molar-refractivity contribution is -0.149. The number of ether oxygens (including phenoxy) is 2. The molecule has 0 saturated carbocycles. The van der Waals surface area contributed by atoms with Crippen molar-refractivity contribution in [3.63, 3.8) is 0 Å². The van der Waals surface area contributed by atoms with Gasteiger partial charge in [-0.15, -0.1) is 11.3 Å². The second-order valence-electron chi connectivity index (χ2n) is 2.83. The van der Waals surface area contributed by atoms with E-state index >= 15 is 0 Å². The predicted molar refractivity (Wildman–Crippen MR) is 46.8 cm³/mol. The lowest BCUT2D eigenvalue weighted by Crippen LogP contribution is -2.21. The van der Waals surface area contributed by atoms with Gasteiger partial charge < -0.3 is 9.47 Å². The first-order valence-electron chi connectivity index (χ1n) is 3.94. The molecule has 1 aliphatic heterocycles. The van der Waals surface area contributed by atoms with E-state index in [-0.39, 0.29) is 0 Å². The van der Waals surface area contributed by atoms with Crippen LogP contribution in [-0.4, -0.2) is 24.5 Å². The Morgan fingerprint density at radius 1 is 1.62 bits per heavy atom. The maximum absolute atomic E-state index is 10.4. The number of hydrogen-bond acceptors (Lipinski definition) is 5. The Hall–Kier alpha value is -0.780. The van der Waals surface area contributed by atoms with E-state index in [1.54, 1.807) is 0 Å². The van der Waals surface area contributed by atoms with E-state index in [2.05, 4.69) is 4.98 Å². The molecule has 0 N–H and O–H groups in total. The van der Waals surface area contributed by atoms with Gasteiger partial charge in [0.15, 0.2) is 11.3 Å². The smallest absolute Gasteiger partial charge is 0.219 e. The number of carbonyl (C=O) groups excluding carboxylic acids is 1. The first kappa shape index (κ1) is 8.80. The number of rotatable bonds is 2. The summed E-state index contributed by atoms with van der Waals surface area (Å²) in [5, 5.41) is 0.701. The van der Waals surface area contributed by atoms with Crippen LogP contribution in [0.4, 0.5) is 0 Å². The lowest BCUT2D eigenvalue weighted by Gasteiger charge is -2.18. The van der Waals surface area contributed by atoms with Crippen molar-refractivity contribution in [2.75, 3.05) is 13.2 Å². The highest BCUT2D eigenvalue weighted by Gasteiger charge is 2.36. The molecule has 13 heavy (non-hydrogen) atoms. The fourth-order valence-corrected chi connectivity index (χ4v) is 1.97. The van der Waals surface area contributed by atoms with E-state index in [0.717, 1.165) is 6.29 Å². The van der Waals surface area contributed by atoms with Crippen LogP contribution in [-0.2, 0) is 15.3 Å². The van der Waals surface area contributed by atoms with Crippen LogP contribution in [0.5, 0.6) is 0 Å². The van der Waals surface area contributed by atoms with Crippen molar-refractivity contribution in [3.05, 3.63) is 16.1 Å². The quantitative estimate of drug-likeness (QED) is 0.671. The first-order valence-corrected chi connectivity index (χ1v) is 4.76. The van der Waals surface area contributed by atoms with Gasteiger partial charge in [-0.25, -0.2) is 4.98 Å². The molecular formula is C8H9NO3S. The normalized spacial score (nSPS) is 20.4. The summed E-state index contributed by atoms with van der Waals surface area (Å²) in [5.41, 5.74) is 0. The van der Waals surface area contributed by atoms with Crippen LogP contribution >= 0.6 is 11.3 Å². The van der Waals surface area contributed by atoms with E-state index < -0.39 is 5.79 Å². The highest BCUT2D eigenvalue weighted by molar-refractivity contribution is 7.13. The summed E-state index contributed by atoms with van der Waals surface area (Å²) in [6.45, 7) is 2.96. The van der Waals surface area contributed by atoms with Gasteiger partial charge in [0, 0.05) is 6.20 Å². The topological polar surface area (TPSA) is 48.4 Å². The predicted octanol–water partition coefficient (Wildman–Crippen LogP) is 1.18. The summed E-state index contributed by atoms with van der Waals surface area (Å²) in [4.78, 5) is 15.1. The third-order valence-electron chi connectivity index (χ3n) is 1.87. The van der Waals surface area contributed by atoms with Gasteiger partial charge >= 0.3 is 0 Å². The van der Waals surface area contributed by atoms with Gasteiger partial charge in [-0.2, -0.15) is 0 Å². The molecule has 0 radical (unpaired) electrons. The van der Waals surface area contributed by atoms with Crippen LogP contribution in [0.1, 0.15) is 21.6 Å². The molecule has 0 amide bonds. The van der Waals surface area contributed by atoms with Gasteiger partial charge in [-0.3, -0.25) is 4.79 Å². The highest BCUT2D eigenvalue weighted by atomic mass is 32.1. The van der Waals surface area contributed by atoms with E-state index in [0.29, 0.717) is 23.1 Å². The molecule has 1 aliphatic rings. The Labute approximate surface area is 79.5 Å². The molecule has 5 heteroatoms. The zero-order chi connectivity index (χ0) is 9.31. The Morgan fingerprint density at radius 3 is 2.85 bits per heavy atom. The molecule has 2 rings (SSSR count). The number of nitrogens with zero attached hydrogens (tertiary/aromatic N) is 1. The summed E-state index contributed by atoms with van der Waals surface area (Å²) in [6.07, 6.45) is 2.31. The summed E-state index contributed by atoms with van der Waals surface area (Å²) >= 11 is 1.30. The molecule has 0 atom stereocenters. The summed E-state index contributed by atoms with van der Waals surface area (Å²) in [5.74, 6) is -0.744. The van der Waals surface area contributed by atoms with Gasteiger partial charge in [-0.1, -0.05) is 0 Å². The molecule has 0 unspecified atom stereocenters. The van der Waals surface area contributed by atoms with Gasteiger partial charge in [-0.05, 0) is 6.92 Å². The van der Waals surface area contributed by atoms with Gasteiger partial charge in [0.25, 0.3) is 0 Å². The van der Waals surface area contributed by atoms with Crippen LogP contribution < -0.4 is 0 Å².